The highest BCUT2D eigenvalue weighted by atomic mass is 127. The third-order valence-corrected chi connectivity index (χ3v) is 4.47. The minimum absolute atomic E-state index is 0. The van der Waals surface area contributed by atoms with Crippen molar-refractivity contribution in [3.8, 4) is 0 Å². The molecule has 2 N–H and O–H groups in total. The van der Waals surface area contributed by atoms with Crippen LogP contribution in [0.1, 0.15) is 45.1 Å². The van der Waals surface area contributed by atoms with E-state index in [-0.39, 0.29) is 24.0 Å². The lowest BCUT2D eigenvalue weighted by atomic mass is 9.89. The molecule has 0 spiro atoms. The van der Waals surface area contributed by atoms with E-state index in [2.05, 4.69) is 48.7 Å². The first-order chi connectivity index (χ1) is 11.2. The topological polar surface area (TPSA) is 49.3 Å². The molecule has 0 fully saturated rings. The quantitative estimate of drug-likeness (QED) is 0.237. The number of guanidine groups is 1. The molecule has 1 unspecified atom stereocenters. The molecule has 1 heterocycles. The van der Waals surface area contributed by atoms with Crippen molar-refractivity contribution in [2.75, 3.05) is 31.6 Å². The Balaban J connectivity index is 0.00000529. The van der Waals surface area contributed by atoms with Gasteiger partial charge in [-0.1, -0.05) is 19.9 Å². The van der Waals surface area contributed by atoms with Gasteiger partial charge in [-0.3, -0.25) is 9.98 Å². The highest BCUT2D eigenvalue weighted by Crippen LogP contribution is 2.23. The van der Waals surface area contributed by atoms with Gasteiger partial charge in [0.05, 0.1) is 0 Å². The first-order valence-electron chi connectivity index (χ1n) is 8.60. The predicted molar refractivity (Wildman–Crippen MR) is 119 cm³/mol. The SMILES string of the molecule is CCNC(=NCC(c1cccnc1)C(C)C)NCCCCSC.I. The third kappa shape index (κ3) is 9.71. The molecule has 0 saturated heterocycles. The Morgan fingerprint density at radius 1 is 1.29 bits per heavy atom. The van der Waals surface area contributed by atoms with E-state index >= 15 is 0 Å². The molecule has 0 aliphatic heterocycles. The fraction of sp³-hybridized carbons (Fsp3) is 0.667. The maximum absolute atomic E-state index is 4.79. The lowest BCUT2D eigenvalue weighted by Gasteiger charge is -2.20. The van der Waals surface area contributed by atoms with Gasteiger partial charge >= 0.3 is 0 Å². The second-order valence-corrected chi connectivity index (χ2v) is 6.97. The van der Waals surface area contributed by atoms with Crippen molar-refractivity contribution in [2.45, 2.75) is 39.5 Å². The second-order valence-electron chi connectivity index (χ2n) is 5.98. The Labute approximate surface area is 169 Å². The molecular weight excluding hydrogens is 431 g/mol. The number of hydrogen-bond acceptors (Lipinski definition) is 3. The van der Waals surface area contributed by atoms with Gasteiger partial charge in [-0.05, 0) is 49.3 Å². The van der Waals surface area contributed by atoms with Gasteiger partial charge in [0.15, 0.2) is 5.96 Å². The summed E-state index contributed by atoms with van der Waals surface area (Å²) >= 11 is 1.91. The smallest absolute Gasteiger partial charge is 0.191 e. The number of rotatable bonds is 10. The van der Waals surface area contributed by atoms with Crippen LogP contribution < -0.4 is 10.6 Å². The summed E-state index contributed by atoms with van der Waals surface area (Å²) in [4.78, 5) is 9.04. The number of unbranched alkanes of at least 4 members (excludes halogenated alkanes) is 1. The zero-order valence-electron chi connectivity index (χ0n) is 15.4. The Kier molecular flexibility index (Phi) is 14.5. The molecule has 24 heavy (non-hydrogen) atoms. The van der Waals surface area contributed by atoms with Crippen molar-refractivity contribution in [3.05, 3.63) is 30.1 Å². The third-order valence-electron chi connectivity index (χ3n) is 3.78. The molecule has 0 bridgehead atoms. The van der Waals surface area contributed by atoms with Crippen molar-refractivity contribution < 1.29 is 0 Å². The van der Waals surface area contributed by atoms with Crippen LogP contribution in [-0.4, -0.2) is 42.6 Å². The Morgan fingerprint density at radius 2 is 2.08 bits per heavy atom. The number of aliphatic imine (C=N–C) groups is 1. The van der Waals surface area contributed by atoms with Crippen LogP contribution in [0.2, 0.25) is 0 Å². The molecule has 0 saturated carbocycles. The maximum atomic E-state index is 4.79. The largest absolute Gasteiger partial charge is 0.357 e. The van der Waals surface area contributed by atoms with E-state index in [1.807, 2.05) is 30.2 Å². The van der Waals surface area contributed by atoms with Gasteiger partial charge in [-0.25, -0.2) is 0 Å². The fourth-order valence-electron chi connectivity index (χ4n) is 2.41. The predicted octanol–water partition coefficient (Wildman–Crippen LogP) is 4.14. The maximum Gasteiger partial charge on any atom is 0.191 e. The minimum Gasteiger partial charge on any atom is -0.357 e. The highest BCUT2D eigenvalue weighted by Gasteiger charge is 2.15. The second kappa shape index (κ2) is 14.8. The molecule has 4 nitrogen and oxygen atoms in total. The van der Waals surface area contributed by atoms with Crippen molar-refractivity contribution in [3.63, 3.8) is 0 Å². The van der Waals surface area contributed by atoms with Crippen LogP contribution in [0.4, 0.5) is 0 Å². The van der Waals surface area contributed by atoms with Gasteiger partial charge in [0.25, 0.3) is 0 Å². The van der Waals surface area contributed by atoms with Crippen molar-refractivity contribution in [2.24, 2.45) is 10.9 Å². The van der Waals surface area contributed by atoms with E-state index in [1.165, 1.54) is 24.2 Å². The van der Waals surface area contributed by atoms with Gasteiger partial charge in [-0.2, -0.15) is 11.8 Å². The molecular formula is C18H33IN4S. The number of hydrogen-bond donors (Lipinski definition) is 2. The monoisotopic (exact) mass is 464 g/mol. The summed E-state index contributed by atoms with van der Waals surface area (Å²) in [7, 11) is 0. The molecule has 0 aromatic carbocycles. The first-order valence-corrected chi connectivity index (χ1v) is 9.99. The van der Waals surface area contributed by atoms with Crippen LogP contribution in [0.15, 0.2) is 29.5 Å². The van der Waals surface area contributed by atoms with Crippen LogP contribution in [0.3, 0.4) is 0 Å². The van der Waals surface area contributed by atoms with Crippen molar-refractivity contribution in [1.82, 2.24) is 15.6 Å². The molecule has 0 aliphatic carbocycles. The Morgan fingerprint density at radius 3 is 2.67 bits per heavy atom. The Bertz CT molecular complexity index is 440. The Hall–Kier alpha value is -0.500. The van der Waals surface area contributed by atoms with Crippen LogP contribution in [0, 0.1) is 5.92 Å². The fourth-order valence-corrected chi connectivity index (χ4v) is 2.90. The highest BCUT2D eigenvalue weighted by molar-refractivity contribution is 14.0. The molecule has 0 aliphatic rings. The van der Waals surface area contributed by atoms with Gasteiger partial charge in [0, 0.05) is 37.9 Å². The van der Waals surface area contributed by atoms with Gasteiger partial charge < -0.3 is 10.6 Å². The van der Waals surface area contributed by atoms with E-state index < -0.39 is 0 Å². The van der Waals surface area contributed by atoms with E-state index in [4.69, 9.17) is 4.99 Å². The summed E-state index contributed by atoms with van der Waals surface area (Å²) in [5.74, 6) is 3.08. The van der Waals surface area contributed by atoms with Crippen LogP contribution in [0.5, 0.6) is 0 Å². The number of aromatic nitrogens is 1. The standard InChI is InChI=1S/C18H32N4S.HI/c1-5-20-18(21-11-6-7-12-23-4)22-14-17(15(2)3)16-9-8-10-19-13-16;/h8-10,13,15,17H,5-7,11-12,14H2,1-4H3,(H2,20,21,22);1H. The average Bonchev–Trinajstić information content (AvgIpc) is 2.55. The molecule has 0 radical (unpaired) electrons. The lowest BCUT2D eigenvalue weighted by Crippen LogP contribution is -2.38. The number of nitrogens with zero attached hydrogens (tertiary/aromatic N) is 2. The molecule has 0 amide bonds. The van der Waals surface area contributed by atoms with E-state index in [0.717, 1.165) is 25.6 Å². The summed E-state index contributed by atoms with van der Waals surface area (Å²) in [6, 6.07) is 4.15. The van der Waals surface area contributed by atoms with Gasteiger partial charge in [-0.15, -0.1) is 24.0 Å². The van der Waals surface area contributed by atoms with Crippen molar-refractivity contribution in [1.29, 1.82) is 0 Å². The molecule has 1 aromatic heterocycles. The van der Waals surface area contributed by atoms with E-state index in [9.17, 15) is 0 Å². The van der Waals surface area contributed by atoms with Gasteiger partial charge in [0.2, 0.25) is 0 Å². The molecule has 1 atom stereocenters. The summed E-state index contributed by atoms with van der Waals surface area (Å²) in [5.41, 5.74) is 1.27. The summed E-state index contributed by atoms with van der Waals surface area (Å²) in [6.45, 7) is 9.24. The summed E-state index contributed by atoms with van der Waals surface area (Å²) < 4.78 is 0. The lowest BCUT2D eigenvalue weighted by molar-refractivity contribution is 0.504. The number of halogens is 1. The molecule has 1 aromatic rings. The molecule has 1 rings (SSSR count). The number of thioether (sulfide) groups is 1. The van der Waals surface area contributed by atoms with Crippen molar-refractivity contribution >= 4 is 41.7 Å². The zero-order valence-corrected chi connectivity index (χ0v) is 18.6. The van der Waals surface area contributed by atoms with Gasteiger partial charge in [0.1, 0.15) is 0 Å². The van der Waals surface area contributed by atoms with Crippen LogP contribution >= 0.6 is 35.7 Å². The zero-order chi connectivity index (χ0) is 16.9. The molecule has 6 heteroatoms. The minimum atomic E-state index is 0. The summed E-state index contributed by atoms with van der Waals surface area (Å²) in [6.07, 6.45) is 8.37. The normalized spacial score (nSPS) is 12.6. The number of nitrogens with one attached hydrogen (secondary N) is 2. The average molecular weight is 464 g/mol. The number of pyridine rings is 1. The van der Waals surface area contributed by atoms with Crippen LogP contribution in [0.25, 0.3) is 0 Å². The first kappa shape index (κ1) is 23.5. The summed E-state index contributed by atoms with van der Waals surface area (Å²) in [5, 5.41) is 6.78. The van der Waals surface area contributed by atoms with Crippen LogP contribution in [-0.2, 0) is 0 Å². The molecule has 138 valence electrons. The van der Waals surface area contributed by atoms with E-state index in [0.29, 0.717) is 11.8 Å². The van der Waals surface area contributed by atoms with E-state index in [1.54, 1.807) is 0 Å².